The zero-order valence-electron chi connectivity index (χ0n) is 14.8. The van der Waals surface area contributed by atoms with E-state index >= 15 is 0 Å². The molecule has 140 valence electrons. The summed E-state index contributed by atoms with van der Waals surface area (Å²) in [5, 5.41) is 15.0. The zero-order valence-corrected chi connectivity index (χ0v) is 16.5. The zero-order chi connectivity index (χ0) is 18.9. The topological polar surface area (TPSA) is 76.1 Å². The molecular weight excluding hydrogens is 380 g/mol. The molecule has 0 saturated heterocycles. The predicted octanol–water partition coefficient (Wildman–Crippen LogP) is 3.74. The molecule has 0 radical (unpaired) electrons. The molecule has 3 aromatic rings. The Morgan fingerprint density at radius 2 is 1.89 bits per heavy atom. The number of para-hydroxylation sites is 1. The maximum absolute atomic E-state index is 12.0. The number of anilines is 2. The molecule has 3 rings (SSSR count). The van der Waals surface area contributed by atoms with E-state index in [2.05, 4.69) is 20.8 Å². The number of carbonyl (C=O) groups excluding carboxylic acids is 1. The van der Waals surface area contributed by atoms with Crippen molar-refractivity contribution in [3.8, 4) is 5.75 Å². The fourth-order valence-corrected chi connectivity index (χ4v) is 3.88. The van der Waals surface area contributed by atoms with E-state index in [0.717, 1.165) is 27.8 Å². The highest BCUT2D eigenvalue weighted by molar-refractivity contribution is 8.01. The van der Waals surface area contributed by atoms with E-state index in [4.69, 9.17) is 4.74 Å². The fraction of sp³-hybridized carbons (Fsp3) is 0.211. The highest BCUT2D eigenvalue weighted by atomic mass is 32.2. The standard InChI is InChI=1S/C19H20N4O2S2/c1-25-16-9-7-14(8-10-16)11-12-20-17(24)13-26-19-23-22-18(27-19)21-15-5-3-2-4-6-15/h2-10H,11-13H2,1H3,(H,20,24)(H,21,22). The van der Waals surface area contributed by atoms with Crippen LogP contribution in [0.5, 0.6) is 5.75 Å². The monoisotopic (exact) mass is 400 g/mol. The number of hydrogen-bond acceptors (Lipinski definition) is 7. The predicted molar refractivity (Wildman–Crippen MR) is 110 cm³/mol. The van der Waals surface area contributed by atoms with Gasteiger partial charge >= 0.3 is 0 Å². The normalized spacial score (nSPS) is 10.4. The van der Waals surface area contributed by atoms with E-state index in [1.807, 2.05) is 54.6 Å². The Bertz CT molecular complexity index is 854. The maximum Gasteiger partial charge on any atom is 0.230 e. The van der Waals surface area contributed by atoms with Gasteiger partial charge in [0.15, 0.2) is 4.34 Å². The summed E-state index contributed by atoms with van der Waals surface area (Å²) in [7, 11) is 1.64. The Balaban J connectivity index is 1.37. The molecule has 0 fully saturated rings. The number of carbonyl (C=O) groups is 1. The molecule has 0 bridgehead atoms. The number of methoxy groups -OCH3 is 1. The summed E-state index contributed by atoms with van der Waals surface area (Å²) in [6, 6.07) is 17.6. The molecule has 0 aliphatic carbocycles. The molecule has 0 spiro atoms. The molecule has 0 saturated carbocycles. The van der Waals surface area contributed by atoms with Crippen molar-refractivity contribution < 1.29 is 9.53 Å². The third kappa shape index (κ3) is 6.26. The highest BCUT2D eigenvalue weighted by Gasteiger charge is 2.08. The molecule has 0 aliphatic heterocycles. The van der Waals surface area contributed by atoms with Gasteiger partial charge < -0.3 is 15.4 Å². The van der Waals surface area contributed by atoms with Crippen LogP contribution in [-0.4, -0.2) is 35.5 Å². The first kappa shape index (κ1) is 19.2. The molecule has 1 amide bonds. The average molecular weight is 401 g/mol. The summed E-state index contributed by atoms with van der Waals surface area (Å²) in [5.74, 6) is 1.14. The average Bonchev–Trinajstić information content (AvgIpc) is 3.15. The van der Waals surface area contributed by atoms with Gasteiger partial charge in [0.05, 0.1) is 12.9 Å². The molecule has 27 heavy (non-hydrogen) atoms. The van der Waals surface area contributed by atoms with E-state index in [-0.39, 0.29) is 5.91 Å². The van der Waals surface area contributed by atoms with Crippen molar-refractivity contribution in [2.45, 2.75) is 10.8 Å². The van der Waals surface area contributed by atoms with Crippen LogP contribution in [0.4, 0.5) is 10.8 Å². The number of ether oxygens (including phenoxy) is 1. The van der Waals surface area contributed by atoms with Gasteiger partial charge in [-0.1, -0.05) is 53.4 Å². The van der Waals surface area contributed by atoms with Crippen LogP contribution in [0.25, 0.3) is 0 Å². The number of hydrogen-bond donors (Lipinski definition) is 2. The first-order valence-corrected chi connectivity index (χ1v) is 10.2. The minimum Gasteiger partial charge on any atom is -0.497 e. The second-order valence-electron chi connectivity index (χ2n) is 5.60. The lowest BCUT2D eigenvalue weighted by Crippen LogP contribution is -2.27. The van der Waals surface area contributed by atoms with E-state index in [0.29, 0.717) is 17.4 Å². The van der Waals surface area contributed by atoms with Crippen LogP contribution >= 0.6 is 23.1 Å². The van der Waals surface area contributed by atoms with Gasteiger partial charge in [-0.15, -0.1) is 10.2 Å². The van der Waals surface area contributed by atoms with Gasteiger partial charge in [0, 0.05) is 12.2 Å². The van der Waals surface area contributed by atoms with Crippen molar-refractivity contribution >= 4 is 39.8 Å². The van der Waals surface area contributed by atoms with Gasteiger partial charge in [-0.3, -0.25) is 4.79 Å². The van der Waals surface area contributed by atoms with Crippen LogP contribution < -0.4 is 15.4 Å². The van der Waals surface area contributed by atoms with Gasteiger partial charge in [0.1, 0.15) is 5.75 Å². The first-order valence-electron chi connectivity index (χ1n) is 8.41. The number of nitrogens with one attached hydrogen (secondary N) is 2. The molecule has 6 nitrogen and oxygen atoms in total. The van der Waals surface area contributed by atoms with Crippen LogP contribution in [0.15, 0.2) is 58.9 Å². The lowest BCUT2D eigenvalue weighted by Gasteiger charge is -2.05. The van der Waals surface area contributed by atoms with Crippen LogP contribution in [0.2, 0.25) is 0 Å². The third-order valence-corrected chi connectivity index (χ3v) is 5.63. The van der Waals surface area contributed by atoms with Crippen LogP contribution in [0, 0.1) is 0 Å². The number of nitrogens with zero attached hydrogens (tertiary/aromatic N) is 2. The third-order valence-electron chi connectivity index (χ3n) is 3.65. The highest BCUT2D eigenvalue weighted by Crippen LogP contribution is 2.27. The Morgan fingerprint density at radius 1 is 1.11 bits per heavy atom. The lowest BCUT2D eigenvalue weighted by atomic mass is 10.1. The van der Waals surface area contributed by atoms with E-state index in [9.17, 15) is 4.79 Å². The fourth-order valence-electron chi connectivity index (χ4n) is 2.28. The minimum atomic E-state index is -0.0127. The molecule has 2 aromatic carbocycles. The van der Waals surface area contributed by atoms with Crippen molar-refractivity contribution in [3.63, 3.8) is 0 Å². The second-order valence-corrected chi connectivity index (χ2v) is 7.80. The molecule has 8 heteroatoms. The summed E-state index contributed by atoms with van der Waals surface area (Å²) < 4.78 is 5.90. The quantitative estimate of drug-likeness (QED) is 0.533. The molecule has 0 unspecified atom stereocenters. The molecule has 1 aromatic heterocycles. The minimum absolute atomic E-state index is 0.0127. The van der Waals surface area contributed by atoms with Gasteiger partial charge in [-0.25, -0.2) is 0 Å². The van der Waals surface area contributed by atoms with Crippen molar-refractivity contribution in [3.05, 3.63) is 60.2 Å². The SMILES string of the molecule is COc1ccc(CCNC(=O)CSc2nnc(Nc3ccccc3)s2)cc1. The van der Waals surface area contributed by atoms with Crippen molar-refractivity contribution in [2.75, 3.05) is 24.7 Å². The van der Waals surface area contributed by atoms with Gasteiger partial charge in [-0.2, -0.15) is 0 Å². The Labute approximate surface area is 166 Å². The Morgan fingerprint density at radius 3 is 2.63 bits per heavy atom. The first-order chi connectivity index (χ1) is 13.2. The van der Waals surface area contributed by atoms with Crippen molar-refractivity contribution in [1.82, 2.24) is 15.5 Å². The number of rotatable bonds is 9. The smallest absolute Gasteiger partial charge is 0.230 e. The maximum atomic E-state index is 12.0. The number of amides is 1. The van der Waals surface area contributed by atoms with Crippen LogP contribution in [-0.2, 0) is 11.2 Å². The largest absolute Gasteiger partial charge is 0.497 e. The Kier molecular flexibility index (Phi) is 7.06. The summed E-state index contributed by atoms with van der Waals surface area (Å²) >= 11 is 2.82. The lowest BCUT2D eigenvalue weighted by molar-refractivity contribution is -0.118. The van der Waals surface area contributed by atoms with Gasteiger partial charge in [-0.05, 0) is 36.2 Å². The summed E-state index contributed by atoms with van der Waals surface area (Å²) in [6.07, 6.45) is 0.782. The van der Waals surface area contributed by atoms with E-state index in [1.54, 1.807) is 7.11 Å². The summed E-state index contributed by atoms with van der Waals surface area (Å²) in [5.41, 5.74) is 2.12. The Hall–Kier alpha value is -2.58. The molecule has 1 heterocycles. The summed E-state index contributed by atoms with van der Waals surface area (Å²) in [4.78, 5) is 12.0. The van der Waals surface area contributed by atoms with Crippen LogP contribution in [0.1, 0.15) is 5.56 Å². The summed E-state index contributed by atoms with van der Waals surface area (Å²) in [6.45, 7) is 0.600. The van der Waals surface area contributed by atoms with E-state index in [1.165, 1.54) is 23.1 Å². The number of aromatic nitrogens is 2. The number of benzene rings is 2. The molecule has 2 N–H and O–H groups in total. The molecular formula is C19H20N4O2S2. The van der Waals surface area contributed by atoms with E-state index < -0.39 is 0 Å². The van der Waals surface area contributed by atoms with Crippen molar-refractivity contribution in [2.24, 2.45) is 0 Å². The molecule has 0 aliphatic rings. The molecule has 0 atom stereocenters. The van der Waals surface area contributed by atoms with Crippen LogP contribution in [0.3, 0.4) is 0 Å². The van der Waals surface area contributed by atoms with Gasteiger partial charge in [0.25, 0.3) is 0 Å². The van der Waals surface area contributed by atoms with Gasteiger partial charge in [0.2, 0.25) is 11.0 Å². The second kappa shape index (κ2) is 9.94. The number of thioether (sulfide) groups is 1. The van der Waals surface area contributed by atoms with Crippen molar-refractivity contribution in [1.29, 1.82) is 0 Å².